The fraction of sp³-hybridized carbons (Fsp3) is 0.364. The van der Waals surface area contributed by atoms with Gasteiger partial charge in [-0.2, -0.15) is 0 Å². The number of para-hydroxylation sites is 2. The van der Waals surface area contributed by atoms with E-state index in [0.717, 1.165) is 13.0 Å². The van der Waals surface area contributed by atoms with Crippen molar-refractivity contribution in [1.29, 1.82) is 0 Å². The summed E-state index contributed by atoms with van der Waals surface area (Å²) in [6.45, 7) is 2.87. The van der Waals surface area contributed by atoms with E-state index in [1.165, 1.54) is 12.1 Å². The van der Waals surface area contributed by atoms with Crippen LogP contribution in [0.15, 0.2) is 48.5 Å². The molecule has 2 aromatic rings. The van der Waals surface area contributed by atoms with E-state index in [1.54, 1.807) is 35.2 Å². The highest BCUT2D eigenvalue weighted by atomic mass is 35.5. The smallest absolute Gasteiger partial charge is 0.238 e. The van der Waals surface area contributed by atoms with Crippen LogP contribution >= 0.6 is 11.6 Å². The SMILES string of the molecule is O=C(CN1CCCN(C(=O)CCOc2ccccc2F)CC1)Nc1ccccc1Cl. The predicted molar refractivity (Wildman–Crippen MR) is 114 cm³/mol. The molecule has 8 heteroatoms. The van der Waals surface area contributed by atoms with Crippen molar-refractivity contribution < 1.29 is 18.7 Å². The van der Waals surface area contributed by atoms with Crippen molar-refractivity contribution in [3.05, 3.63) is 59.4 Å². The molecule has 160 valence electrons. The molecule has 1 N–H and O–H groups in total. The predicted octanol–water partition coefficient (Wildman–Crippen LogP) is 3.42. The summed E-state index contributed by atoms with van der Waals surface area (Å²) < 4.78 is 18.9. The molecule has 1 heterocycles. The first-order chi connectivity index (χ1) is 14.5. The van der Waals surface area contributed by atoms with Gasteiger partial charge in [-0.25, -0.2) is 4.39 Å². The van der Waals surface area contributed by atoms with E-state index in [0.29, 0.717) is 30.3 Å². The summed E-state index contributed by atoms with van der Waals surface area (Å²) in [7, 11) is 0. The number of carbonyl (C=O) groups is 2. The largest absolute Gasteiger partial charge is 0.490 e. The zero-order valence-electron chi connectivity index (χ0n) is 16.7. The first-order valence-electron chi connectivity index (χ1n) is 9.95. The number of nitrogens with one attached hydrogen (secondary N) is 1. The maximum atomic E-state index is 13.6. The fourth-order valence-corrected chi connectivity index (χ4v) is 3.49. The molecule has 2 amide bonds. The van der Waals surface area contributed by atoms with Crippen molar-refractivity contribution in [3.63, 3.8) is 0 Å². The normalized spacial score (nSPS) is 14.8. The van der Waals surface area contributed by atoms with Crippen LogP contribution < -0.4 is 10.1 Å². The van der Waals surface area contributed by atoms with Crippen molar-refractivity contribution in [1.82, 2.24) is 9.80 Å². The summed E-state index contributed by atoms with van der Waals surface area (Å²) in [4.78, 5) is 28.6. The highest BCUT2D eigenvalue weighted by Crippen LogP contribution is 2.20. The molecule has 0 unspecified atom stereocenters. The second-order valence-electron chi connectivity index (χ2n) is 7.07. The van der Waals surface area contributed by atoms with Gasteiger partial charge >= 0.3 is 0 Å². The van der Waals surface area contributed by atoms with Gasteiger partial charge in [0.25, 0.3) is 0 Å². The van der Waals surface area contributed by atoms with E-state index in [1.807, 2.05) is 11.0 Å². The molecule has 0 radical (unpaired) electrons. The summed E-state index contributed by atoms with van der Waals surface area (Å²) in [5.74, 6) is -0.461. The van der Waals surface area contributed by atoms with Gasteiger partial charge in [-0.3, -0.25) is 14.5 Å². The minimum Gasteiger partial charge on any atom is -0.490 e. The molecule has 2 aromatic carbocycles. The Morgan fingerprint density at radius 2 is 1.80 bits per heavy atom. The lowest BCUT2D eigenvalue weighted by atomic mass is 10.3. The molecule has 0 aliphatic carbocycles. The van der Waals surface area contributed by atoms with E-state index < -0.39 is 5.82 Å². The summed E-state index contributed by atoms with van der Waals surface area (Å²) in [6, 6.07) is 13.2. The van der Waals surface area contributed by atoms with Crippen LogP contribution in [0, 0.1) is 5.82 Å². The van der Waals surface area contributed by atoms with Crippen LogP contribution in [0.1, 0.15) is 12.8 Å². The zero-order chi connectivity index (χ0) is 21.3. The van der Waals surface area contributed by atoms with Crippen molar-refractivity contribution in [2.75, 3.05) is 44.6 Å². The minimum absolute atomic E-state index is 0.0336. The Morgan fingerprint density at radius 3 is 2.60 bits per heavy atom. The molecule has 1 saturated heterocycles. The maximum absolute atomic E-state index is 13.6. The summed E-state index contributed by atoms with van der Waals surface area (Å²) in [5.41, 5.74) is 0.589. The average molecular weight is 434 g/mol. The Morgan fingerprint density at radius 1 is 1.03 bits per heavy atom. The molecule has 6 nitrogen and oxygen atoms in total. The third kappa shape index (κ3) is 6.43. The summed E-state index contributed by atoms with van der Waals surface area (Å²) in [5, 5.41) is 3.32. The molecule has 3 rings (SSSR count). The molecule has 1 aliphatic heterocycles. The van der Waals surface area contributed by atoms with Crippen LogP contribution in [-0.2, 0) is 9.59 Å². The Bertz CT molecular complexity index is 880. The number of ether oxygens (including phenoxy) is 1. The van der Waals surface area contributed by atoms with Crippen molar-refractivity contribution in [2.45, 2.75) is 12.8 Å². The van der Waals surface area contributed by atoms with Gasteiger partial charge in [-0.05, 0) is 30.7 Å². The first-order valence-corrected chi connectivity index (χ1v) is 10.3. The number of hydrogen-bond donors (Lipinski definition) is 1. The van der Waals surface area contributed by atoms with Gasteiger partial charge in [0.05, 0.1) is 30.3 Å². The third-order valence-electron chi connectivity index (χ3n) is 4.87. The summed E-state index contributed by atoms with van der Waals surface area (Å²) in [6.07, 6.45) is 0.959. The van der Waals surface area contributed by atoms with E-state index in [-0.39, 0.29) is 37.1 Å². The number of carbonyl (C=O) groups excluding carboxylic acids is 2. The number of nitrogens with zero attached hydrogens (tertiary/aromatic N) is 2. The molecule has 0 spiro atoms. The van der Waals surface area contributed by atoms with Crippen LogP contribution in [0.2, 0.25) is 5.02 Å². The van der Waals surface area contributed by atoms with Crippen molar-refractivity contribution in [2.24, 2.45) is 0 Å². The first kappa shape index (κ1) is 22.1. The monoisotopic (exact) mass is 433 g/mol. The lowest BCUT2D eigenvalue weighted by Crippen LogP contribution is -2.38. The number of halogens is 2. The second-order valence-corrected chi connectivity index (χ2v) is 7.47. The number of rotatable bonds is 7. The van der Waals surface area contributed by atoms with Gasteiger partial charge in [-0.1, -0.05) is 35.9 Å². The van der Waals surface area contributed by atoms with Gasteiger partial charge in [-0.15, -0.1) is 0 Å². The topological polar surface area (TPSA) is 61.9 Å². The van der Waals surface area contributed by atoms with Crippen molar-refractivity contribution in [3.8, 4) is 5.75 Å². The van der Waals surface area contributed by atoms with Crippen LogP contribution in [0.25, 0.3) is 0 Å². The number of amides is 2. The zero-order valence-corrected chi connectivity index (χ0v) is 17.4. The Labute approximate surface area is 180 Å². The third-order valence-corrected chi connectivity index (χ3v) is 5.20. The fourth-order valence-electron chi connectivity index (χ4n) is 3.30. The Kier molecular flexibility index (Phi) is 8.04. The Hall–Kier alpha value is -2.64. The second kappa shape index (κ2) is 10.9. The van der Waals surface area contributed by atoms with Gasteiger partial charge < -0.3 is 15.0 Å². The van der Waals surface area contributed by atoms with Gasteiger partial charge in [0.2, 0.25) is 11.8 Å². The molecular formula is C22H25ClFN3O3. The molecule has 1 aliphatic rings. The highest BCUT2D eigenvalue weighted by molar-refractivity contribution is 6.33. The van der Waals surface area contributed by atoms with Crippen LogP contribution in [-0.4, -0.2) is 60.9 Å². The molecule has 1 fully saturated rings. The molecule has 0 atom stereocenters. The number of benzene rings is 2. The summed E-state index contributed by atoms with van der Waals surface area (Å²) >= 11 is 6.08. The number of hydrogen-bond acceptors (Lipinski definition) is 4. The van der Waals surface area contributed by atoms with E-state index in [9.17, 15) is 14.0 Å². The van der Waals surface area contributed by atoms with Gasteiger partial charge in [0.15, 0.2) is 11.6 Å². The quantitative estimate of drug-likeness (QED) is 0.726. The van der Waals surface area contributed by atoms with Gasteiger partial charge in [0.1, 0.15) is 0 Å². The van der Waals surface area contributed by atoms with Crippen LogP contribution in [0.4, 0.5) is 10.1 Å². The molecular weight excluding hydrogens is 409 g/mol. The maximum Gasteiger partial charge on any atom is 0.238 e. The van der Waals surface area contributed by atoms with E-state index in [2.05, 4.69) is 5.32 Å². The molecule has 0 saturated carbocycles. The van der Waals surface area contributed by atoms with E-state index >= 15 is 0 Å². The Balaban J connectivity index is 1.41. The van der Waals surface area contributed by atoms with Crippen LogP contribution in [0.5, 0.6) is 5.75 Å². The lowest BCUT2D eigenvalue weighted by Gasteiger charge is -2.22. The molecule has 0 aromatic heterocycles. The standard InChI is InChI=1S/C22H25ClFN3O3/c23-17-6-1-3-8-19(17)25-21(28)16-26-11-5-12-27(14-13-26)22(29)10-15-30-20-9-4-2-7-18(20)24/h1-4,6-9H,5,10-16H2,(H,25,28). The van der Waals surface area contributed by atoms with E-state index in [4.69, 9.17) is 16.3 Å². The highest BCUT2D eigenvalue weighted by Gasteiger charge is 2.20. The minimum atomic E-state index is -0.439. The lowest BCUT2D eigenvalue weighted by molar-refractivity contribution is -0.131. The molecule has 30 heavy (non-hydrogen) atoms. The molecule has 0 bridgehead atoms. The van der Waals surface area contributed by atoms with Crippen LogP contribution in [0.3, 0.4) is 0 Å². The van der Waals surface area contributed by atoms with Gasteiger partial charge in [0, 0.05) is 26.2 Å². The average Bonchev–Trinajstić information content (AvgIpc) is 2.97. The number of anilines is 1. The van der Waals surface area contributed by atoms with Crippen molar-refractivity contribution >= 4 is 29.1 Å².